The molecule has 3 heterocycles. The van der Waals surface area contributed by atoms with Crippen LogP contribution in [0.4, 0.5) is 8.78 Å². The first-order chi connectivity index (χ1) is 12.6. The predicted octanol–water partition coefficient (Wildman–Crippen LogP) is 2.97. The zero-order chi connectivity index (χ0) is 18.3. The second-order valence-corrected chi connectivity index (χ2v) is 5.65. The molecule has 0 saturated heterocycles. The van der Waals surface area contributed by atoms with Gasteiger partial charge >= 0.3 is 0 Å². The summed E-state index contributed by atoms with van der Waals surface area (Å²) in [6.45, 7) is 0. The van der Waals surface area contributed by atoms with Crippen molar-refractivity contribution in [3.05, 3.63) is 76.9 Å². The molecule has 0 fully saturated rings. The van der Waals surface area contributed by atoms with Crippen molar-refractivity contribution in [1.29, 1.82) is 5.26 Å². The van der Waals surface area contributed by atoms with Gasteiger partial charge in [-0.2, -0.15) is 5.26 Å². The molecule has 0 spiro atoms. The Labute approximate surface area is 146 Å². The fourth-order valence-corrected chi connectivity index (χ4v) is 3.01. The van der Waals surface area contributed by atoms with E-state index in [1.54, 1.807) is 24.5 Å². The molecule has 26 heavy (non-hydrogen) atoms. The Kier molecular flexibility index (Phi) is 3.62. The van der Waals surface area contributed by atoms with Crippen molar-refractivity contribution in [2.24, 2.45) is 5.73 Å². The highest BCUT2D eigenvalue weighted by Gasteiger charge is 2.35. The molecule has 1 atom stereocenters. The van der Waals surface area contributed by atoms with E-state index in [4.69, 9.17) is 10.5 Å². The van der Waals surface area contributed by atoms with Gasteiger partial charge in [-0.3, -0.25) is 10.1 Å². The number of H-pyrrole nitrogens is 1. The van der Waals surface area contributed by atoms with Gasteiger partial charge in [0.15, 0.2) is 11.6 Å². The number of aromatic amines is 1. The van der Waals surface area contributed by atoms with Gasteiger partial charge in [0.1, 0.15) is 11.6 Å². The minimum absolute atomic E-state index is 0.0974. The van der Waals surface area contributed by atoms with Crippen molar-refractivity contribution in [3.8, 4) is 23.2 Å². The van der Waals surface area contributed by atoms with E-state index in [1.165, 1.54) is 6.07 Å². The molecule has 3 N–H and O–H groups in total. The molecular weight excluding hydrogens is 340 g/mol. The lowest BCUT2D eigenvalue weighted by Gasteiger charge is -2.24. The summed E-state index contributed by atoms with van der Waals surface area (Å²) in [7, 11) is 0. The molecule has 4 rings (SSSR count). The summed E-state index contributed by atoms with van der Waals surface area (Å²) >= 11 is 0. The molecule has 1 aliphatic rings. The van der Waals surface area contributed by atoms with E-state index < -0.39 is 17.6 Å². The number of nitriles is 1. The molecule has 1 aliphatic heterocycles. The first-order valence-electron chi connectivity index (χ1n) is 7.61. The highest BCUT2D eigenvalue weighted by Crippen LogP contribution is 2.45. The van der Waals surface area contributed by atoms with Gasteiger partial charge in [-0.15, -0.1) is 5.10 Å². The van der Waals surface area contributed by atoms with Gasteiger partial charge in [0.25, 0.3) is 0 Å². The summed E-state index contributed by atoms with van der Waals surface area (Å²) in [5.74, 6) is -2.68. The van der Waals surface area contributed by atoms with Crippen LogP contribution in [0.5, 0.6) is 5.88 Å². The van der Waals surface area contributed by atoms with E-state index in [2.05, 4.69) is 15.2 Å². The first-order valence-corrected chi connectivity index (χ1v) is 7.61. The number of pyridine rings is 1. The number of hydrogen-bond donors (Lipinski definition) is 2. The van der Waals surface area contributed by atoms with E-state index >= 15 is 0 Å². The Morgan fingerprint density at radius 2 is 1.92 bits per heavy atom. The molecule has 6 nitrogen and oxygen atoms in total. The highest BCUT2D eigenvalue weighted by molar-refractivity contribution is 5.70. The normalized spacial score (nSPS) is 16.0. The van der Waals surface area contributed by atoms with Crippen LogP contribution in [0.2, 0.25) is 0 Å². The third-order valence-electron chi connectivity index (χ3n) is 4.18. The van der Waals surface area contributed by atoms with Crippen molar-refractivity contribution in [2.45, 2.75) is 5.92 Å². The van der Waals surface area contributed by atoms with E-state index in [-0.39, 0.29) is 17.3 Å². The summed E-state index contributed by atoms with van der Waals surface area (Å²) in [6, 6.07) is 8.98. The van der Waals surface area contributed by atoms with Crippen LogP contribution in [-0.4, -0.2) is 15.2 Å². The van der Waals surface area contributed by atoms with Gasteiger partial charge < -0.3 is 10.5 Å². The number of fused-ring (bicyclic) bond motifs is 1. The van der Waals surface area contributed by atoms with Crippen LogP contribution in [0.25, 0.3) is 11.3 Å². The third-order valence-corrected chi connectivity index (χ3v) is 4.18. The molecule has 8 heteroatoms. The number of aromatic nitrogens is 3. The van der Waals surface area contributed by atoms with Crippen molar-refractivity contribution in [3.63, 3.8) is 0 Å². The van der Waals surface area contributed by atoms with Gasteiger partial charge in [0.05, 0.1) is 17.2 Å². The van der Waals surface area contributed by atoms with Crippen LogP contribution in [0.15, 0.2) is 54.2 Å². The Morgan fingerprint density at radius 3 is 2.62 bits per heavy atom. The predicted molar refractivity (Wildman–Crippen MR) is 87.5 cm³/mol. The highest BCUT2D eigenvalue weighted by atomic mass is 19.2. The maximum Gasteiger partial charge on any atom is 0.244 e. The summed E-state index contributed by atoms with van der Waals surface area (Å²) < 4.78 is 32.6. The minimum atomic E-state index is -1.01. The zero-order valence-corrected chi connectivity index (χ0v) is 13.2. The molecular formula is C18H11F2N5O. The summed E-state index contributed by atoms with van der Waals surface area (Å²) in [6.07, 6.45) is 3.21. The maximum atomic E-state index is 13.8. The largest absolute Gasteiger partial charge is 0.420 e. The van der Waals surface area contributed by atoms with Crippen LogP contribution in [-0.2, 0) is 0 Å². The lowest BCUT2D eigenvalue weighted by molar-refractivity contribution is 0.378. The minimum Gasteiger partial charge on any atom is -0.420 e. The van der Waals surface area contributed by atoms with E-state index in [1.807, 2.05) is 6.07 Å². The molecule has 1 aromatic carbocycles. The Balaban J connectivity index is 1.97. The third kappa shape index (κ3) is 2.38. The number of nitrogens with two attached hydrogens (primary N) is 1. The average Bonchev–Trinajstić information content (AvgIpc) is 3.07. The molecule has 0 unspecified atom stereocenters. The molecule has 3 aromatic rings. The van der Waals surface area contributed by atoms with E-state index in [9.17, 15) is 14.0 Å². The number of nitrogens with one attached hydrogen (secondary N) is 1. The topological polar surface area (TPSA) is 101 Å². The number of rotatable bonds is 2. The van der Waals surface area contributed by atoms with Crippen LogP contribution < -0.4 is 10.5 Å². The average molecular weight is 351 g/mol. The van der Waals surface area contributed by atoms with Crippen LogP contribution in [0, 0.1) is 23.0 Å². The Hall–Kier alpha value is -3.73. The molecule has 2 aromatic heterocycles. The van der Waals surface area contributed by atoms with Crippen molar-refractivity contribution in [1.82, 2.24) is 15.2 Å². The summed E-state index contributed by atoms with van der Waals surface area (Å²) in [5.41, 5.74) is 8.17. The number of halogens is 2. The van der Waals surface area contributed by atoms with Crippen LogP contribution in [0.3, 0.4) is 0 Å². The number of ether oxygens (including phenoxy) is 1. The lowest BCUT2D eigenvalue weighted by Crippen LogP contribution is -2.21. The second kappa shape index (κ2) is 5.97. The molecule has 0 bridgehead atoms. The monoisotopic (exact) mass is 351 g/mol. The standard InChI is InChI=1S/C18H11F2N5O/c19-12-2-1-10(7-13(12)20)14-11(8-21)17(22)26-18-15(14)16(24-25-18)9-3-5-23-6-4-9/h1-7,14H,22H2,(H,24,25)/t14-/m0/s1. The molecule has 128 valence electrons. The lowest BCUT2D eigenvalue weighted by atomic mass is 9.83. The summed E-state index contributed by atoms with van der Waals surface area (Å²) in [4.78, 5) is 3.97. The molecule has 0 saturated carbocycles. The van der Waals surface area contributed by atoms with Crippen LogP contribution >= 0.6 is 0 Å². The van der Waals surface area contributed by atoms with Gasteiger partial charge in [-0.1, -0.05) is 6.07 Å². The van der Waals surface area contributed by atoms with Crippen molar-refractivity contribution >= 4 is 0 Å². The maximum absolute atomic E-state index is 13.8. The van der Waals surface area contributed by atoms with Gasteiger partial charge in [0.2, 0.25) is 11.8 Å². The van der Waals surface area contributed by atoms with Gasteiger partial charge in [0, 0.05) is 18.0 Å². The summed E-state index contributed by atoms with van der Waals surface area (Å²) in [5, 5.41) is 16.5. The zero-order valence-electron chi connectivity index (χ0n) is 13.2. The fraction of sp³-hybridized carbons (Fsp3) is 0.0556. The smallest absolute Gasteiger partial charge is 0.244 e. The fourth-order valence-electron chi connectivity index (χ4n) is 3.01. The molecule has 0 radical (unpaired) electrons. The van der Waals surface area contributed by atoms with E-state index in [0.717, 1.165) is 17.7 Å². The van der Waals surface area contributed by atoms with Gasteiger partial charge in [-0.05, 0) is 29.8 Å². The number of benzene rings is 1. The van der Waals surface area contributed by atoms with Gasteiger partial charge in [-0.25, -0.2) is 8.78 Å². The molecule has 0 aliphatic carbocycles. The first kappa shape index (κ1) is 15.8. The number of hydrogen-bond acceptors (Lipinski definition) is 5. The SMILES string of the molecule is N#CC1=C(N)Oc2n[nH]c(-c3ccncc3)c2[C@H]1c1ccc(F)c(F)c1. The second-order valence-electron chi connectivity index (χ2n) is 5.65. The quantitative estimate of drug-likeness (QED) is 0.739. The van der Waals surface area contributed by atoms with Crippen molar-refractivity contribution in [2.75, 3.05) is 0 Å². The Morgan fingerprint density at radius 1 is 1.15 bits per heavy atom. The van der Waals surface area contributed by atoms with E-state index in [0.29, 0.717) is 16.8 Å². The van der Waals surface area contributed by atoms with Crippen LogP contribution in [0.1, 0.15) is 17.0 Å². The molecule has 0 amide bonds. The van der Waals surface area contributed by atoms with Crippen molar-refractivity contribution < 1.29 is 13.5 Å². The number of allylic oxidation sites excluding steroid dienone is 1. The Bertz CT molecular complexity index is 1070. The number of nitrogens with zero attached hydrogens (tertiary/aromatic N) is 3.